The van der Waals surface area contributed by atoms with Crippen LogP contribution in [0.5, 0.6) is 0 Å². The minimum Gasteiger partial charge on any atom is -0.394 e. The Balaban J connectivity index is 2.71. The van der Waals surface area contributed by atoms with Crippen LogP contribution in [0.15, 0.2) is 12.2 Å². The molecule has 1 fully saturated rings. The molecule has 1 rings (SSSR count). The number of nitrogens with one attached hydrogen (secondary N) is 1. The lowest BCUT2D eigenvalue weighted by Crippen LogP contribution is -2.60. The molecule has 11 nitrogen and oxygen atoms in total. The van der Waals surface area contributed by atoms with E-state index in [0.29, 0.717) is 12.8 Å². The molecule has 1 aliphatic rings. The summed E-state index contributed by atoms with van der Waals surface area (Å²) in [6.45, 7) is 3.22. The van der Waals surface area contributed by atoms with Crippen LogP contribution in [0.25, 0.3) is 0 Å². The number of amides is 1. The Labute approximate surface area is 251 Å². The van der Waals surface area contributed by atoms with Crippen LogP contribution >= 0.6 is 0 Å². The zero-order valence-electron chi connectivity index (χ0n) is 25.7. The van der Waals surface area contributed by atoms with Gasteiger partial charge in [0.2, 0.25) is 5.91 Å². The van der Waals surface area contributed by atoms with E-state index in [1.165, 1.54) is 25.7 Å². The van der Waals surface area contributed by atoms with Gasteiger partial charge in [-0.25, -0.2) is 0 Å². The number of carbonyl (C=O) groups is 1. The van der Waals surface area contributed by atoms with Crippen molar-refractivity contribution < 1.29 is 50.0 Å². The normalized spacial score (nSPS) is 25.8. The van der Waals surface area contributed by atoms with E-state index in [1.54, 1.807) is 0 Å². The fourth-order valence-corrected chi connectivity index (χ4v) is 4.95. The molecule has 0 aromatic heterocycles. The number of aliphatic hydroxyl groups excluding tert-OH is 7. The van der Waals surface area contributed by atoms with Crippen LogP contribution in [0.1, 0.15) is 110 Å². The van der Waals surface area contributed by atoms with E-state index in [2.05, 4.69) is 25.2 Å². The van der Waals surface area contributed by atoms with Gasteiger partial charge in [0.1, 0.15) is 36.6 Å². The van der Waals surface area contributed by atoms with Gasteiger partial charge >= 0.3 is 0 Å². The highest BCUT2D eigenvalue weighted by Crippen LogP contribution is 2.23. The van der Waals surface area contributed by atoms with E-state index in [4.69, 9.17) is 9.47 Å². The lowest BCUT2D eigenvalue weighted by molar-refractivity contribution is -0.303. The second kappa shape index (κ2) is 23.3. The SMILES string of the molecule is CCCC/C=C/CCCC(O)C(O)C(COC1OC(CO)C(O)C(O)C1O)NC(=O)C(O)CCCCCCCCCC. The molecule has 0 aromatic rings. The lowest BCUT2D eigenvalue weighted by Gasteiger charge is -2.40. The lowest BCUT2D eigenvalue weighted by atomic mass is 9.98. The molecule has 0 bridgehead atoms. The molecule has 1 heterocycles. The third-order valence-electron chi connectivity index (χ3n) is 7.82. The second-order valence-electron chi connectivity index (χ2n) is 11.5. The molecule has 8 N–H and O–H groups in total. The van der Waals surface area contributed by atoms with Gasteiger partial charge in [-0.15, -0.1) is 0 Å². The van der Waals surface area contributed by atoms with Gasteiger partial charge in [0, 0.05) is 0 Å². The van der Waals surface area contributed by atoms with Crippen molar-refractivity contribution in [1.29, 1.82) is 0 Å². The molecule has 0 aromatic carbocycles. The maximum atomic E-state index is 12.8. The first-order valence-corrected chi connectivity index (χ1v) is 16.1. The highest BCUT2D eigenvalue weighted by molar-refractivity contribution is 5.80. The minimum atomic E-state index is -1.66. The summed E-state index contributed by atoms with van der Waals surface area (Å²) in [7, 11) is 0. The highest BCUT2D eigenvalue weighted by Gasteiger charge is 2.44. The van der Waals surface area contributed by atoms with Crippen molar-refractivity contribution in [2.24, 2.45) is 0 Å². The molecule has 0 saturated carbocycles. The molecular weight excluding hydrogens is 546 g/mol. The van der Waals surface area contributed by atoms with Gasteiger partial charge in [0.15, 0.2) is 6.29 Å². The summed E-state index contributed by atoms with van der Waals surface area (Å²) >= 11 is 0. The van der Waals surface area contributed by atoms with Gasteiger partial charge < -0.3 is 50.5 Å². The number of aliphatic hydroxyl groups is 7. The summed E-state index contributed by atoms with van der Waals surface area (Å²) in [5.74, 6) is -0.717. The molecule has 9 unspecified atom stereocenters. The molecule has 42 heavy (non-hydrogen) atoms. The van der Waals surface area contributed by atoms with Crippen molar-refractivity contribution in [2.75, 3.05) is 13.2 Å². The molecular formula is C31H59NO10. The third kappa shape index (κ3) is 15.0. The Hall–Kier alpha value is -1.15. The van der Waals surface area contributed by atoms with E-state index in [-0.39, 0.29) is 12.8 Å². The summed E-state index contributed by atoms with van der Waals surface area (Å²) in [4.78, 5) is 12.8. The van der Waals surface area contributed by atoms with Gasteiger partial charge in [-0.05, 0) is 32.1 Å². The van der Waals surface area contributed by atoms with E-state index >= 15 is 0 Å². The number of rotatable bonds is 24. The zero-order valence-corrected chi connectivity index (χ0v) is 25.7. The number of hydrogen-bond acceptors (Lipinski definition) is 10. The van der Waals surface area contributed by atoms with Gasteiger partial charge in [0.25, 0.3) is 0 Å². The van der Waals surface area contributed by atoms with Crippen molar-refractivity contribution in [3.63, 3.8) is 0 Å². The molecule has 0 aliphatic carbocycles. The van der Waals surface area contributed by atoms with Crippen LogP contribution in [0.4, 0.5) is 0 Å². The fraction of sp³-hybridized carbons (Fsp3) is 0.903. The second-order valence-corrected chi connectivity index (χ2v) is 11.5. The quantitative estimate of drug-likeness (QED) is 0.0595. The first kappa shape index (κ1) is 38.9. The molecule has 1 amide bonds. The Morgan fingerprint density at radius 1 is 0.810 bits per heavy atom. The van der Waals surface area contributed by atoms with Gasteiger partial charge in [-0.1, -0.05) is 90.2 Å². The monoisotopic (exact) mass is 605 g/mol. The molecule has 0 radical (unpaired) electrons. The van der Waals surface area contributed by atoms with Gasteiger partial charge in [-0.2, -0.15) is 0 Å². The Morgan fingerprint density at radius 2 is 1.40 bits per heavy atom. The van der Waals surface area contributed by atoms with Crippen molar-refractivity contribution in [1.82, 2.24) is 5.32 Å². The van der Waals surface area contributed by atoms with E-state index in [9.17, 15) is 40.5 Å². The van der Waals surface area contributed by atoms with Crippen molar-refractivity contribution in [3.05, 3.63) is 12.2 Å². The number of allylic oxidation sites excluding steroid dienone is 2. The summed E-state index contributed by atoms with van der Waals surface area (Å²) in [5, 5.41) is 74.4. The first-order chi connectivity index (χ1) is 20.2. The Morgan fingerprint density at radius 3 is 2.02 bits per heavy atom. The smallest absolute Gasteiger partial charge is 0.249 e. The molecule has 9 atom stereocenters. The third-order valence-corrected chi connectivity index (χ3v) is 7.82. The zero-order chi connectivity index (χ0) is 31.3. The summed E-state index contributed by atoms with van der Waals surface area (Å²) in [6.07, 6.45) is 6.25. The summed E-state index contributed by atoms with van der Waals surface area (Å²) in [5.41, 5.74) is 0. The van der Waals surface area contributed by atoms with Crippen LogP contribution in [-0.2, 0) is 14.3 Å². The highest BCUT2D eigenvalue weighted by atomic mass is 16.7. The van der Waals surface area contributed by atoms with Gasteiger partial charge in [0.05, 0.1) is 25.4 Å². The summed E-state index contributed by atoms with van der Waals surface area (Å²) in [6, 6.07) is -1.17. The first-order valence-electron chi connectivity index (χ1n) is 16.1. The average Bonchev–Trinajstić information content (AvgIpc) is 2.98. The molecule has 1 saturated heterocycles. The number of ether oxygens (including phenoxy) is 2. The van der Waals surface area contributed by atoms with Crippen LogP contribution in [0.2, 0.25) is 0 Å². The standard InChI is InChI=1S/C31H59NO10/c1-3-5-7-9-11-13-15-17-19-24(35)30(40)32-22(26(36)23(34)18-16-14-12-10-8-6-4-2)21-41-31-29(39)28(38)27(37)25(20-33)42-31/h10,12,22-29,31,33-39H,3-9,11,13-21H2,1-2H3,(H,32,40)/b12-10+. The fourth-order valence-electron chi connectivity index (χ4n) is 4.95. The average molecular weight is 606 g/mol. The summed E-state index contributed by atoms with van der Waals surface area (Å²) < 4.78 is 10.9. The molecule has 11 heteroatoms. The number of carbonyl (C=O) groups excluding carboxylic acids is 1. The Bertz CT molecular complexity index is 709. The number of unbranched alkanes of at least 4 members (excludes halogenated alkanes) is 10. The molecule has 1 aliphatic heterocycles. The van der Waals surface area contributed by atoms with Gasteiger partial charge in [-0.3, -0.25) is 4.79 Å². The number of hydrogen-bond donors (Lipinski definition) is 8. The maximum Gasteiger partial charge on any atom is 0.249 e. The molecule has 248 valence electrons. The topological polar surface area (TPSA) is 189 Å². The van der Waals surface area contributed by atoms with E-state index in [0.717, 1.165) is 44.9 Å². The maximum absolute atomic E-state index is 12.8. The predicted octanol–water partition coefficient (Wildman–Crippen LogP) is 1.82. The van der Waals surface area contributed by atoms with Crippen molar-refractivity contribution in [2.45, 2.75) is 165 Å². The minimum absolute atomic E-state index is 0.254. The van der Waals surface area contributed by atoms with Crippen molar-refractivity contribution in [3.8, 4) is 0 Å². The van der Waals surface area contributed by atoms with E-state index in [1.807, 2.05) is 6.08 Å². The van der Waals surface area contributed by atoms with Crippen LogP contribution in [-0.4, -0.2) is 110 Å². The van der Waals surface area contributed by atoms with Crippen LogP contribution in [0.3, 0.4) is 0 Å². The van der Waals surface area contributed by atoms with E-state index < -0.39 is 74.2 Å². The largest absolute Gasteiger partial charge is 0.394 e. The molecule has 0 spiro atoms. The van der Waals surface area contributed by atoms with Crippen molar-refractivity contribution >= 4 is 5.91 Å². The van der Waals surface area contributed by atoms with Crippen LogP contribution in [0, 0.1) is 0 Å². The van der Waals surface area contributed by atoms with Crippen LogP contribution < -0.4 is 5.32 Å². The Kier molecular flexibility index (Phi) is 21.5. The predicted molar refractivity (Wildman–Crippen MR) is 159 cm³/mol.